The van der Waals surface area contributed by atoms with Crippen molar-refractivity contribution in [3.63, 3.8) is 0 Å². The van der Waals surface area contributed by atoms with Crippen LogP contribution in [0.3, 0.4) is 0 Å². The molecule has 0 aliphatic heterocycles. The molecule has 2 N–H and O–H groups in total. The first-order valence-corrected chi connectivity index (χ1v) is 8.09. The van der Waals surface area contributed by atoms with Crippen molar-refractivity contribution < 1.29 is 19.2 Å². The second-order valence-electron chi connectivity index (χ2n) is 6.72. The van der Waals surface area contributed by atoms with Crippen LogP contribution < -0.4 is 5.32 Å². The van der Waals surface area contributed by atoms with E-state index < -0.39 is 12.0 Å². The Balaban J connectivity index is 2.38. The van der Waals surface area contributed by atoms with Crippen LogP contribution in [0.1, 0.15) is 71.5 Å². The maximum absolute atomic E-state index is 11.8. The molecule has 0 spiro atoms. The van der Waals surface area contributed by atoms with E-state index in [1.807, 2.05) is 27.7 Å². The van der Waals surface area contributed by atoms with E-state index in [1.54, 1.807) is 0 Å². The van der Waals surface area contributed by atoms with Crippen LogP contribution in [0.15, 0.2) is 4.52 Å². The SMILES string of the molecule is CCCC[C@H](NC(=O)CCCc1nc(C(C)(C)C)no1)C(=O)O. The van der Waals surface area contributed by atoms with Crippen LogP contribution in [0, 0.1) is 0 Å². The first kappa shape index (κ1) is 19.1. The minimum absolute atomic E-state index is 0.174. The Bertz CT molecular complexity index is 520. The summed E-state index contributed by atoms with van der Waals surface area (Å²) in [7, 11) is 0. The average molecular weight is 325 g/mol. The molecule has 1 atom stereocenters. The van der Waals surface area contributed by atoms with Gasteiger partial charge in [0.25, 0.3) is 0 Å². The van der Waals surface area contributed by atoms with Crippen molar-refractivity contribution in [2.75, 3.05) is 0 Å². The molecular weight excluding hydrogens is 298 g/mol. The van der Waals surface area contributed by atoms with Crippen LogP contribution >= 0.6 is 0 Å². The van der Waals surface area contributed by atoms with E-state index in [-0.39, 0.29) is 17.7 Å². The predicted octanol–water partition coefficient (Wildman–Crippen LogP) is 2.45. The molecule has 0 fully saturated rings. The fourth-order valence-electron chi connectivity index (χ4n) is 1.99. The third kappa shape index (κ3) is 6.80. The van der Waals surface area contributed by atoms with Gasteiger partial charge in [0.1, 0.15) is 6.04 Å². The van der Waals surface area contributed by atoms with E-state index in [1.165, 1.54) is 0 Å². The summed E-state index contributed by atoms with van der Waals surface area (Å²) >= 11 is 0. The number of carboxylic acid groups (broad SMARTS) is 1. The molecule has 0 bridgehead atoms. The lowest BCUT2D eigenvalue weighted by Crippen LogP contribution is -2.40. The van der Waals surface area contributed by atoms with Gasteiger partial charge in [-0.05, 0) is 12.8 Å². The lowest BCUT2D eigenvalue weighted by molar-refractivity contribution is -0.142. The molecule has 0 aromatic carbocycles. The number of carbonyl (C=O) groups is 2. The highest BCUT2D eigenvalue weighted by Gasteiger charge is 2.21. The molecule has 1 aromatic heterocycles. The van der Waals surface area contributed by atoms with Gasteiger partial charge in [-0.3, -0.25) is 4.79 Å². The average Bonchev–Trinajstić information content (AvgIpc) is 2.92. The maximum atomic E-state index is 11.8. The van der Waals surface area contributed by atoms with Crippen LogP contribution in [0.2, 0.25) is 0 Å². The normalized spacial score (nSPS) is 12.9. The largest absolute Gasteiger partial charge is 0.480 e. The molecule has 0 unspecified atom stereocenters. The van der Waals surface area contributed by atoms with Gasteiger partial charge in [-0.25, -0.2) is 4.79 Å². The number of carbonyl (C=O) groups excluding carboxylic acids is 1. The summed E-state index contributed by atoms with van der Waals surface area (Å²) in [4.78, 5) is 27.2. The fraction of sp³-hybridized carbons (Fsp3) is 0.750. The van der Waals surface area contributed by atoms with Gasteiger partial charge in [0.05, 0.1) is 0 Å². The Morgan fingerprint density at radius 3 is 2.52 bits per heavy atom. The predicted molar refractivity (Wildman–Crippen MR) is 85.0 cm³/mol. The Morgan fingerprint density at radius 1 is 1.30 bits per heavy atom. The molecule has 7 nitrogen and oxygen atoms in total. The fourth-order valence-corrected chi connectivity index (χ4v) is 1.99. The van der Waals surface area contributed by atoms with Crippen molar-refractivity contribution >= 4 is 11.9 Å². The Labute approximate surface area is 136 Å². The highest BCUT2D eigenvalue weighted by atomic mass is 16.5. The number of aromatic nitrogens is 2. The highest BCUT2D eigenvalue weighted by molar-refractivity contribution is 5.83. The standard InChI is InChI=1S/C16H27N3O4/c1-5-6-8-11(14(21)22)17-12(20)9-7-10-13-18-15(19-23-13)16(2,3)4/h11H,5-10H2,1-4H3,(H,17,20)(H,21,22)/t11-/m0/s1. The molecule has 23 heavy (non-hydrogen) atoms. The molecule has 1 rings (SSSR count). The first-order valence-electron chi connectivity index (χ1n) is 8.09. The molecule has 1 amide bonds. The number of amides is 1. The van der Waals surface area contributed by atoms with Gasteiger partial charge in [0, 0.05) is 18.3 Å². The van der Waals surface area contributed by atoms with Gasteiger partial charge in [-0.1, -0.05) is 45.7 Å². The minimum atomic E-state index is -0.987. The number of carboxylic acids is 1. The summed E-state index contributed by atoms with van der Waals surface area (Å²) < 4.78 is 5.16. The topological polar surface area (TPSA) is 105 Å². The molecule has 0 aliphatic carbocycles. The second-order valence-corrected chi connectivity index (χ2v) is 6.72. The highest BCUT2D eigenvalue weighted by Crippen LogP contribution is 2.18. The summed E-state index contributed by atoms with van der Waals surface area (Å²) in [5, 5.41) is 15.6. The van der Waals surface area contributed by atoms with Gasteiger partial charge < -0.3 is 14.9 Å². The minimum Gasteiger partial charge on any atom is -0.480 e. The zero-order chi connectivity index (χ0) is 17.5. The van der Waals surface area contributed by atoms with E-state index in [0.717, 1.165) is 12.8 Å². The smallest absolute Gasteiger partial charge is 0.326 e. The molecule has 130 valence electrons. The van der Waals surface area contributed by atoms with E-state index >= 15 is 0 Å². The first-order chi connectivity index (χ1) is 10.7. The van der Waals surface area contributed by atoms with Gasteiger partial charge in [-0.15, -0.1) is 0 Å². The quantitative estimate of drug-likeness (QED) is 0.722. The van der Waals surface area contributed by atoms with Gasteiger partial charge in [0.2, 0.25) is 11.8 Å². The van der Waals surface area contributed by atoms with Crippen molar-refractivity contribution in [3.8, 4) is 0 Å². The van der Waals surface area contributed by atoms with Crippen molar-refractivity contribution in [2.24, 2.45) is 0 Å². The third-order valence-electron chi connectivity index (χ3n) is 3.41. The Hall–Kier alpha value is -1.92. The maximum Gasteiger partial charge on any atom is 0.326 e. The van der Waals surface area contributed by atoms with E-state index in [9.17, 15) is 9.59 Å². The lowest BCUT2D eigenvalue weighted by Gasteiger charge is -2.13. The molecule has 1 heterocycles. The number of hydrogen-bond donors (Lipinski definition) is 2. The summed E-state index contributed by atoms with van der Waals surface area (Å²) in [5.41, 5.74) is -0.174. The van der Waals surface area contributed by atoms with Crippen LogP contribution in [0.25, 0.3) is 0 Å². The Morgan fingerprint density at radius 2 is 2.00 bits per heavy atom. The molecule has 1 aromatic rings. The Kier molecular flexibility index (Phi) is 7.19. The van der Waals surface area contributed by atoms with Crippen LogP contribution in [-0.4, -0.2) is 33.2 Å². The van der Waals surface area contributed by atoms with Gasteiger partial charge in [0.15, 0.2) is 5.82 Å². The van der Waals surface area contributed by atoms with Gasteiger partial charge in [-0.2, -0.15) is 4.98 Å². The van der Waals surface area contributed by atoms with E-state index in [2.05, 4.69) is 15.5 Å². The number of nitrogens with zero attached hydrogens (tertiary/aromatic N) is 2. The summed E-state index contributed by atoms with van der Waals surface area (Å²) in [6.07, 6.45) is 3.40. The monoisotopic (exact) mass is 325 g/mol. The zero-order valence-corrected chi connectivity index (χ0v) is 14.4. The van der Waals surface area contributed by atoms with Crippen LogP contribution in [0.4, 0.5) is 0 Å². The summed E-state index contributed by atoms with van der Waals surface area (Å²) in [6, 6.07) is -0.807. The van der Waals surface area contributed by atoms with Crippen molar-refractivity contribution in [2.45, 2.75) is 77.7 Å². The molecule has 0 radical (unpaired) electrons. The summed E-state index contributed by atoms with van der Waals surface area (Å²) in [6.45, 7) is 7.98. The van der Waals surface area contributed by atoms with Crippen molar-refractivity contribution in [3.05, 3.63) is 11.7 Å². The number of rotatable bonds is 9. The molecular formula is C16H27N3O4. The third-order valence-corrected chi connectivity index (χ3v) is 3.41. The van der Waals surface area contributed by atoms with E-state index in [0.29, 0.717) is 31.0 Å². The van der Waals surface area contributed by atoms with Crippen LogP contribution in [0.5, 0.6) is 0 Å². The van der Waals surface area contributed by atoms with E-state index in [4.69, 9.17) is 9.63 Å². The molecule has 0 aliphatic rings. The molecule has 7 heteroatoms. The number of unbranched alkanes of at least 4 members (excludes halogenated alkanes) is 1. The van der Waals surface area contributed by atoms with Crippen LogP contribution in [-0.2, 0) is 21.4 Å². The number of hydrogen-bond acceptors (Lipinski definition) is 5. The van der Waals surface area contributed by atoms with Crippen molar-refractivity contribution in [1.82, 2.24) is 15.5 Å². The zero-order valence-electron chi connectivity index (χ0n) is 14.4. The van der Waals surface area contributed by atoms with Gasteiger partial charge >= 0.3 is 5.97 Å². The second kappa shape index (κ2) is 8.64. The number of aliphatic carboxylic acids is 1. The summed E-state index contributed by atoms with van der Waals surface area (Å²) in [5.74, 6) is -0.103. The number of aryl methyl sites for hydroxylation is 1. The molecule has 0 saturated heterocycles. The number of nitrogens with one attached hydrogen (secondary N) is 1. The van der Waals surface area contributed by atoms with Crippen molar-refractivity contribution in [1.29, 1.82) is 0 Å². The molecule has 0 saturated carbocycles. The lowest BCUT2D eigenvalue weighted by atomic mass is 9.96.